The molecule has 0 bridgehead atoms. The summed E-state index contributed by atoms with van der Waals surface area (Å²) in [5, 5.41) is 0. The summed E-state index contributed by atoms with van der Waals surface area (Å²) in [5.74, 6) is -0.0297. The van der Waals surface area contributed by atoms with Gasteiger partial charge in [-0.3, -0.25) is 4.79 Å². The van der Waals surface area contributed by atoms with Crippen LogP contribution in [-0.2, 0) is 14.3 Å². The Balaban J connectivity index is 2.38. The molecule has 3 heteroatoms. The van der Waals surface area contributed by atoms with Crippen LogP contribution >= 0.6 is 0 Å². The third kappa shape index (κ3) is 3.67. The Morgan fingerprint density at radius 3 is 2.40 bits per heavy atom. The van der Waals surface area contributed by atoms with E-state index in [2.05, 4.69) is 20.4 Å². The number of ether oxygens (including phenoxy) is 2. The second-order valence-corrected chi connectivity index (χ2v) is 4.79. The van der Waals surface area contributed by atoms with Gasteiger partial charge in [-0.1, -0.05) is 12.2 Å². The Kier molecular flexibility index (Phi) is 3.55. The zero-order valence-electron chi connectivity index (χ0n) is 10.0. The minimum absolute atomic E-state index is 0.01000. The fraction of sp³-hybridized carbons (Fsp3) is 0.750. The number of esters is 1. The summed E-state index contributed by atoms with van der Waals surface area (Å²) in [6.45, 7) is 11.9. The molecule has 3 nitrogen and oxygen atoms in total. The van der Waals surface area contributed by atoms with Crippen molar-refractivity contribution in [3.63, 3.8) is 0 Å². The van der Waals surface area contributed by atoms with Crippen LogP contribution in [0.25, 0.3) is 0 Å². The van der Waals surface area contributed by atoms with E-state index < -0.39 is 0 Å². The topological polar surface area (TPSA) is 38.8 Å². The first-order chi connectivity index (χ1) is 6.83. The SMILES string of the molecule is C=C(C)[C@H](COC(C)=O)C[C@H]1OC1(C)C. The molecule has 0 unspecified atom stereocenters. The lowest BCUT2D eigenvalue weighted by Crippen LogP contribution is -2.17. The van der Waals surface area contributed by atoms with E-state index in [0.717, 1.165) is 12.0 Å². The van der Waals surface area contributed by atoms with E-state index in [9.17, 15) is 4.79 Å². The fourth-order valence-electron chi connectivity index (χ4n) is 1.55. The number of carbonyl (C=O) groups excluding carboxylic acids is 1. The predicted molar refractivity (Wildman–Crippen MR) is 58.5 cm³/mol. The highest BCUT2D eigenvalue weighted by Gasteiger charge is 2.48. The molecule has 0 aliphatic carbocycles. The summed E-state index contributed by atoms with van der Waals surface area (Å²) in [6.07, 6.45) is 1.16. The summed E-state index contributed by atoms with van der Waals surface area (Å²) in [6, 6.07) is 0. The Morgan fingerprint density at radius 2 is 2.07 bits per heavy atom. The summed E-state index contributed by atoms with van der Waals surface area (Å²) >= 11 is 0. The van der Waals surface area contributed by atoms with Crippen LogP contribution in [0.3, 0.4) is 0 Å². The molecular weight excluding hydrogens is 192 g/mol. The fourth-order valence-corrected chi connectivity index (χ4v) is 1.55. The van der Waals surface area contributed by atoms with Crippen LogP contribution in [0.15, 0.2) is 12.2 Å². The van der Waals surface area contributed by atoms with Crippen LogP contribution in [0.2, 0.25) is 0 Å². The molecule has 1 fully saturated rings. The van der Waals surface area contributed by atoms with Gasteiger partial charge in [0.25, 0.3) is 0 Å². The minimum Gasteiger partial charge on any atom is -0.465 e. The van der Waals surface area contributed by atoms with Crippen molar-refractivity contribution in [1.82, 2.24) is 0 Å². The van der Waals surface area contributed by atoms with Gasteiger partial charge in [0.2, 0.25) is 0 Å². The Bertz CT molecular complexity index is 268. The third-order valence-corrected chi connectivity index (χ3v) is 2.85. The van der Waals surface area contributed by atoms with E-state index in [-0.39, 0.29) is 23.6 Å². The van der Waals surface area contributed by atoms with Crippen molar-refractivity contribution >= 4 is 5.97 Å². The second-order valence-electron chi connectivity index (χ2n) is 4.79. The van der Waals surface area contributed by atoms with Crippen molar-refractivity contribution in [3.8, 4) is 0 Å². The van der Waals surface area contributed by atoms with Crippen molar-refractivity contribution < 1.29 is 14.3 Å². The molecule has 0 aromatic rings. The zero-order valence-corrected chi connectivity index (χ0v) is 10.0. The van der Waals surface area contributed by atoms with Crippen LogP contribution in [0.4, 0.5) is 0 Å². The van der Waals surface area contributed by atoms with E-state index in [1.54, 1.807) is 0 Å². The van der Waals surface area contributed by atoms with E-state index in [1.165, 1.54) is 6.92 Å². The molecule has 15 heavy (non-hydrogen) atoms. The first-order valence-corrected chi connectivity index (χ1v) is 5.29. The van der Waals surface area contributed by atoms with Crippen molar-refractivity contribution in [1.29, 1.82) is 0 Å². The van der Waals surface area contributed by atoms with Crippen molar-refractivity contribution in [3.05, 3.63) is 12.2 Å². The number of hydrogen-bond acceptors (Lipinski definition) is 3. The second kappa shape index (κ2) is 4.35. The normalized spacial score (nSPS) is 24.4. The maximum absolute atomic E-state index is 10.7. The molecular formula is C12H20O3. The van der Waals surface area contributed by atoms with Gasteiger partial charge < -0.3 is 9.47 Å². The van der Waals surface area contributed by atoms with E-state index in [4.69, 9.17) is 9.47 Å². The van der Waals surface area contributed by atoms with Crippen molar-refractivity contribution in [2.45, 2.75) is 45.8 Å². The highest BCUT2D eigenvalue weighted by atomic mass is 16.6. The first-order valence-electron chi connectivity index (χ1n) is 5.29. The van der Waals surface area contributed by atoms with Gasteiger partial charge in [-0.2, -0.15) is 0 Å². The van der Waals surface area contributed by atoms with Crippen molar-refractivity contribution in [2.24, 2.45) is 5.92 Å². The van der Waals surface area contributed by atoms with Gasteiger partial charge in [0.15, 0.2) is 0 Å². The number of rotatable bonds is 5. The molecule has 0 spiro atoms. The zero-order chi connectivity index (χ0) is 11.6. The molecule has 0 amide bonds. The first kappa shape index (κ1) is 12.2. The molecule has 1 aliphatic rings. The molecule has 86 valence electrons. The Hall–Kier alpha value is -0.830. The Labute approximate surface area is 91.4 Å². The van der Waals surface area contributed by atoms with Gasteiger partial charge in [0, 0.05) is 12.8 Å². The van der Waals surface area contributed by atoms with Gasteiger partial charge in [-0.05, 0) is 27.2 Å². The molecule has 1 aliphatic heterocycles. The summed E-state index contributed by atoms with van der Waals surface area (Å²) in [4.78, 5) is 10.7. The van der Waals surface area contributed by atoms with Gasteiger partial charge in [0.1, 0.15) is 0 Å². The van der Waals surface area contributed by atoms with Gasteiger partial charge in [0.05, 0.1) is 18.3 Å². The number of epoxide rings is 1. The number of hydrogen-bond donors (Lipinski definition) is 0. The van der Waals surface area contributed by atoms with E-state index in [0.29, 0.717) is 6.61 Å². The standard InChI is InChI=1S/C12H20O3/c1-8(2)10(7-14-9(3)13)6-11-12(4,5)15-11/h10-11H,1,6-7H2,2-5H3/t10-,11+/m0/s1. The van der Waals surface area contributed by atoms with Crippen LogP contribution in [0.1, 0.15) is 34.1 Å². The van der Waals surface area contributed by atoms with Gasteiger partial charge in [-0.15, -0.1) is 0 Å². The molecule has 0 aromatic heterocycles. The molecule has 0 aromatic carbocycles. The molecule has 0 saturated carbocycles. The molecule has 2 atom stereocenters. The van der Waals surface area contributed by atoms with Crippen LogP contribution < -0.4 is 0 Å². The summed E-state index contributed by atoms with van der Waals surface area (Å²) < 4.78 is 10.5. The Morgan fingerprint density at radius 1 is 1.53 bits per heavy atom. The predicted octanol–water partition coefficient (Wildman–Crippen LogP) is 2.31. The summed E-state index contributed by atoms with van der Waals surface area (Å²) in [7, 11) is 0. The lowest BCUT2D eigenvalue weighted by Gasteiger charge is -2.15. The molecule has 1 heterocycles. The van der Waals surface area contributed by atoms with Crippen LogP contribution in [-0.4, -0.2) is 24.3 Å². The van der Waals surface area contributed by atoms with Crippen LogP contribution in [0.5, 0.6) is 0 Å². The quantitative estimate of drug-likeness (QED) is 0.399. The summed E-state index contributed by atoms with van der Waals surface area (Å²) in [5.41, 5.74) is 1.03. The number of carbonyl (C=O) groups is 1. The minimum atomic E-state index is -0.239. The smallest absolute Gasteiger partial charge is 0.302 e. The lowest BCUT2D eigenvalue weighted by molar-refractivity contribution is -0.142. The van der Waals surface area contributed by atoms with Gasteiger partial charge in [-0.25, -0.2) is 0 Å². The van der Waals surface area contributed by atoms with Crippen molar-refractivity contribution in [2.75, 3.05) is 6.61 Å². The molecule has 1 saturated heterocycles. The highest BCUT2D eigenvalue weighted by Crippen LogP contribution is 2.40. The van der Waals surface area contributed by atoms with Gasteiger partial charge >= 0.3 is 5.97 Å². The molecule has 0 radical (unpaired) electrons. The third-order valence-electron chi connectivity index (χ3n) is 2.85. The highest BCUT2D eigenvalue weighted by molar-refractivity contribution is 5.65. The van der Waals surface area contributed by atoms with E-state index >= 15 is 0 Å². The van der Waals surface area contributed by atoms with E-state index in [1.807, 2.05) is 6.92 Å². The maximum atomic E-state index is 10.7. The largest absolute Gasteiger partial charge is 0.465 e. The maximum Gasteiger partial charge on any atom is 0.302 e. The monoisotopic (exact) mass is 212 g/mol. The molecule has 0 N–H and O–H groups in total. The molecule has 1 rings (SSSR count). The van der Waals surface area contributed by atoms with Crippen LogP contribution in [0, 0.1) is 5.92 Å². The average Bonchev–Trinajstić information content (AvgIpc) is 2.66. The average molecular weight is 212 g/mol. The lowest BCUT2D eigenvalue weighted by atomic mass is 9.93.